The van der Waals surface area contributed by atoms with E-state index in [1.807, 2.05) is 12.1 Å². The van der Waals surface area contributed by atoms with Crippen LogP contribution in [-0.2, 0) is 0 Å². The molecule has 2 N–H and O–H groups in total. The van der Waals surface area contributed by atoms with Gasteiger partial charge in [-0.3, -0.25) is 4.98 Å². The first-order valence-electron chi connectivity index (χ1n) is 12.9. The van der Waals surface area contributed by atoms with Crippen molar-refractivity contribution in [3.05, 3.63) is 70.4 Å². The van der Waals surface area contributed by atoms with Crippen molar-refractivity contribution in [2.24, 2.45) is 5.41 Å². The van der Waals surface area contributed by atoms with Crippen LogP contribution in [0, 0.1) is 46.9 Å². The molecule has 0 aliphatic heterocycles. The Morgan fingerprint density at radius 3 is 2.43 bits per heavy atom. The molecule has 1 atom stereocenters. The van der Waals surface area contributed by atoms with Crippen LogP contribution in [0.4, 0.5) is 33.3 Å². The topological polar surface area (TPSA) is 128 Å². The van der Waals surface area contributed by atoms with Crippen LogP contribution in [0.15, 0.2) is 30.5 Å². The number of anilines is 2. The van der Waals surface area contributed by atoms with Crippen molar-refractivity contribution in [2.45, 2.75) is 51.9 Å². The number of aromatic nitrogens is 5. The Bertz CT molecular complexity index is 1760. The quantitative estimate of drug-likeness (QED) is 0.189. The summed E-state index contributed by atoms with van der Waals surface area (Å²) in [6, 6.07) is 8.28. The van der Waals surface area contributed by atoms with Gasteiger partial charge in [-0.2, -0.15) is 32.5 Å². The molecule has 1 fully saturated rings. The van der Waals surface area contributed by atoms with Crippen LogP contribution in [-0.4, -0.2) is 37.7 Å². The van der Waals surface area contributed by atoms with E-state index in [1.54, 1.807) is 6.92 Å². The largest absolute Gasteiger partial charge is 0.395 e. The van der Waals surface area contributed by atoms with Gasteiger partial charge in [0.15, 0.2) is 0 Å². The number of fused-ring (bicyclic) bond motifs is 1. The van der Waals surface area contributed by atoms with Gasteiger partial charge in [-0.05, 0) is 51.8 Å². The third-order valence-corrected chi connectivity index (χ3v) is 7.23. The van der Waals surface area contributed by atoms with Gasteiger partial charge in [-0.1, -0.05) is 11.3 Å². The summed E-state index contributed by atoms with van der Waals surface area (Å²) in [5.74, 6) is -1.42. The number of aryl methyl sites for hydroxylation is 1. The minimum atomic E-state index is -4.53. The lowest BCUT2D eigenvalue weighted by Gasteiger charge is -2.28. The molecule has 9 nitrogen and oxygen atoms in total. The second-order valence-electron chi connectivity index (χ2n) is 10.8. The molecule has 1 aliphatic rings. The molecule has 0 amide bonds. The van der Waals surface area contributed by atoms with E-state index in [1.165, 1.54) is 29.1 Å². The summed E-state index contributed by atoms with van der Waals surface area (Å²) < 4.78 is 71.4. The van der Waals surface area contributed by atoms with Gasteiger partial charge in [0.1, 0.15) is 23.9 Å². The fourth-order valence-electron chi connectivity index (χ4n) is 4.49. The van der Waals surface area contributed by atoms with Crippen molar-refractivity contribution in [3.63, 3.8) is 0 Å². The number of alkyl halides is 3. The number of nitrogens with one attached hydrogen (secondary N) is 2. The van der Waals surface area contributed by atoms with Crippen molar-refractivity contribution in [1.29, 1.82) is 10.5 Å². The van der Waals surface area contributed by atoms with Crippen molar-refractivity contribution in [3.8, 4) is 12.1 Å². The zero-order valence-corrected chi connectivity index (χ0v) is 22.7. The molecule has 3 aromatic heterocycles. The zero-order chi connectivity index (χ0) is 30.4. The number of rotatable bonds is 8. The Balaban J connectivity index is 1.64. The molecule has 14 heteroatoms. The Hall–Kier alpha value is -4.85. The summed E-state index contributed by atoms with van der Waals surface area (Å²) in [4.78, 5) is 8.06. The first-order valence-corrected chi connectivity index (χ1v) is 12.9. The molecule has 1 aliphatic carbocycles. The van der Waals surface area contributed by atoms with Gasteiger partial charge in [0.05, 0.1) is 33.8 Å². The molecule has 42 heavy (non-hydrogen) atoms. The molecule has 0 radical (unpaired) electrons. The maximum atomic E-state index is 15.5. The highest BCUT2D eigenvalue weighted by atomic mass is 19.4. The van der Waals surface area contributed by atoms with Crippen LogP contribution in [0.1, 0.15) is 66.9 Å². The normalized spacial score (nSPS) is 14.3. The summed E-state index contributed by atoms with van der Waals surface area (Å²) >= 11 is 0. The lowest BCUT2D eigenvalue weighted by Crippen LogP contribution is -2.38. The van der Waals surface area contributed by atoms with E-state index in [0.717, 1.165) is 32.8 Å². The molecule has 0 bridgehead atoms. The van der Waals surface area contributed by atoms with E-state index in [-0.39, 0.29) is 50.8 Å². The Morgan fingerprint density at radius 1 is 1.10 bits per heavy atom. The number of hydrogen-bond acceptors (Lipinski definition) is 8. The first-order chi connectivity index (χ1) is 19.8. The van der Waals surface area contributed by atoms with E-state index in [2.05, 4.69) is 30.9 Å². The zero-order valence-electron chi connectivity index (χ0n) is 22.7. The van der Waals surface area contributed by atoms with E-state index >= 15 is 4.39 Å². The fourth-order valence-corrected chi connectivity index (χ4v) is 4.49. The summed E-state index contributed by atoms with van der Waals surface area (Å²) in [6.07, 6.45) is -1.85. The molecule has 0 saturated heterocycles. The molecule has 5 rings (SSSR count). The number of halogens is 5. The van der Waals surface area contributed by atoms with Gasteiger partial charge in [0, 0.05) is 35.1 Å². The first kappa shape index (κ1) is 28.7. The molecule has 1 unspecified atom stereocenters. The van der Waals surface area contributed by atoms with Gasteiger partial charge in [-0.25, -0.2) is 9.67 Å². The standard InChI is InChI=1S/C28H24F5N9/c1-14-19(6-7-21(29)38-14)24(25-26(30)42(41-40-25)18-4-5-18)39-17-8-15(10-34)22-20(9-17)23(16(11-35)12-36-22)37-13-27(2,3)28(31,32)33/h6-9,12,18,24,39H,4-5,13H2,1-3H3,(H,36,37). The average molecular weight is 582 g/mol. The van der Waals surface area contributed by atoms with Crippen LogP contribution in [0.2, 0.25) is 0 Å². The highest BCUT2D eigenvalue weighted by Gasteiger charge is 2.47. The van der Waals surface area contributed by atoms with Crippen molar-refractivity contribution >= 4 is 22.3 Å². The number of hydrogen-bond donors (Lipinski definition) is 2. The van der Waals surface area contributed by atoms with Crippen LogP contribution in [0.3, 0.4) is 0 Å². The SMILES string of the molecule is Cc1nc(F)ccc1C(Nc1cc(C#N)c2ncc(C#N)c(NCC(C)(C)C(F)(F)F)c2c1)c1nnn(C2CC2)c1F. The highest BCUT2D eigenvalue weighted by molar-refractivity contribution is 5.99. The second-order valence-corrected chi connectivity index (χ2v) is 10.8. The molecule has 4 aromatic rings. The van der Waals surface area contributed by atoms with Gasteiger partial charge >= 0.3 is 6.18 Å². The Kier molecular flexibility index (Phi) is 7.18. The van der Waals surface area contributed by atoms with Crippen LogP contribution in [0.25, 0.3) is 10.9 Å². The highest BCUT2D eigenvalue weighted by Crippen LogP contribution is 2.40. The number of pyridine rings is 2. The third-order valence-electron chi connectivity index (χ3n) is 7.23. The summed E-state index contributed by atoms with van der Waals surface area (Å²) in [5.41, 5.74) is -1.15. The molecule has 216 valence electrons. The van der Waals surface area contributed by atoms with Crippen LogP contribution >= 0.6 is 0 Å². The number of benzene rings is 1. The van der Waals surface area contributed by atoms with E-state index in [9.17, 15) is 28.1 Å². The minimum Gasteiger partial charge on any atom is -0.382 e. The predicted molar refractivity (Wildman–Crippen MR) is 142 cm³/mol. The number of nitriles is 2. The summed E-state index contributed by atoms with van der Waals surface area (Å²) in [6.45, 7) is 3.03. The minimum absolute atomic E-state index is 0.0323. The third kappa shape index (κ3) is 5.28. The van der Waals surface area contributed by atoms with Gasteiger partial charge in [0.25, 0.3) is 0 Å². The average Bonchev–Trinajstić information content (AvgIpc) is 3.70. The van der Waals surface area contributed by atoms with E-state index in [0.29, 0.717) is 5.56 Å². The van der Waals surface area contributed by atoms with Crippen molar-refractivity contribution < 1.29 is 22.0 Å². The number of nitrogens with zero attached hydrogens (tertiary/aromatic N) is 7. The van der Waals surface area contributed by atoms with E-state index < -0.39 is 36.1 Å². The van der Waals surface area contributed by atoms with Crippen molar-refractivity contribution in [2.75, 3.05) is 17.2 Å². The summed E-state index contributed by atoms with van der Waals surface area (Å²) in [5, 5.41) is 33.7. The lowest BCUT2D eigenvalue weighted by molar-refractivity contribution is -0.206. The van der Waals surface area contributed by atoms with E-state index in [4.69, 9.17) is 0 Å². The molecule has 1 saturated carbocycles. The molecule has 1 aromatic carbocycles. The second kappa shape index (κ2) is 10.5. The van der Waals surface area contributed by atoms with Crippen LogP contribution in [0.5, 0.6) is 0 Å². The maximum absolute atomic E-state index is 15.5. The van der Waals surface area contributed by atoms with Crippen LogP contribution < -0.4 is 10.6 Å². The predicted octanol–water partition coefficient (Wildman–Crippen LogP) is 6.09. The molecule has 3 heterocycles. The fraction of sp³-hybridized carbons (Fsp3) is 0.357. The van der Waals surface area contributed by atoms with Gasteiger partial charge < -0.3 is 10.6 Å². The van der Waals surface area contributed by atoms with Crippen molar-refractivity contribution in [1.82, 2.24) is 25.0 Å². The van der Waals surface area contributed by atoms with Gasteiger partial charge in [-0.15, -0.1) is 5.10 Å². The Morgan fingerprint density at radius 2 is 1.81 bits per heavy atom. The summed E-state index contributed by atoms with van der Waals surface area (Å²) in [7, 11) is 0. The Labute approximate surface area is 237 Å². The molecular formula is C28H24F5N9. The monoisotopic (exact) mass is 581 g/mol. The lowest BCUT2D eigenvalue weighted by atomic mass is 9.92. The molecular weight excluding hydrogens is 557 g/mol. The smallest absolute Gasteiger partial charge is 0.382 e. The maximum Gasteiger partial charge on any atom is 0.395 e. The molecule has 0 spiro atoms. The van der Waals surface area contributed by atoms with Gasteiger partial charge in [0.2, 0.25) is 11.9 Å².